The van der Waals surface area contributed by atoms with Crippen LogP contribution in [0.1, 0.15) is 23.7 Å². The number of amides is 1. The number of imidazole rings is 1. The fraction of sp³-hybridized carbons (Fsp3) is 0.316. The monoisotopic (exact) mass is 354 g/mol. The number of hydrogen-bond donors (Lipinski definition) is 0. The van der Waals surface area contributed by atoms with Gasteiger partial charge in [0.15, 0.2) is 0 Å². The summed E-state index contributed by atoms with van der Waals surface area (Å²) >= 11 is 6.01. The lowest BCUT2D eigenvalue weighted by Gasteiger charge is -2.16. The molecule has 0 spiro atoms. The van der Waals surface area contributed by atoms with Crippen molar-refractivity contribution in [2.45, 2.75) is 18.8 Å². The Kier molecular flexibility index (Phi) is 4.17. The highest BCUT2D eigenvalue weighted by Crippen LogP contribution is 2.29. The van der Waals surface area contributed by atoms with Crippen molar-refractivity contribution >= 4 is 28.5 Å². The van der Waals surface area contributed by atoms with Gasteiger partial charge in [-0.3, -0.25) is 9.78 Å². The predicted molar refractivity (Wildman–Crippen MR) is 97.6 cm³/mol. The molecule has 1 amide bonds. The van der Waals surface area contributed by atoms with E-state index >= 15 is 0 Å². The average molecular weight is 355 g/mol. The summed E-state index contributed by atoms with van der Waals surface area (Å²) in [5.41, 5.74) is 2.94. The van der Waals surface area contributed by atoms with Gasteiger partial charge in [0.25, 0.3) is 0 Å². The van der Waals surface area contributed by atoms with E-state index in [4.69, 9.17) is 16.6 Å². The maximum Gasteiger partial charge on any atom is 0.227 e. The molecule has 3 heterocycles. The summed E-state index contributed by atoms with van der Waals surface area (Å²) in [6.07, 6.45) is 4.92. The second kappa shape index (κ2) is 6.48. The third-order valence-electron chi connectivity index (χ3n) is 4.87. The summed E-state index contributed by atoms with van der Waals surface area (Å²) in [5, 5.41) is 0.665. The van der Waals surface area contributed by atoms with Crippen LogP contribution in [0.5, 0.6) is 0 Å². The van der Waals surface area contributed by atoms with E-state index in [-0.39, 0.29) is 11.8 Å². The van der Waals surface area contributed by atoms with E-state index in [2.05, 4.69) is 9.55 Å². The van der Waals surface area contributed by atoms with Crippen LogP contribution in [-0.2, 0) is 18.3 Å². The molecule has 5 nitrogen and oxygen atoms in total. The third-order valence-corrected chi connectivity index (χ3v) is 5.10. The lowest BCUT2D eigenvalue weighted by molar-refractivity contribution is -0.129. The summed E-state index contributed by atoms with van der Waals surface area (Å²) < 4.78 is 2.10. The van der Waals surface area contributed by atoms with Crippen molar-refractivity contribution in [2.24, 2.45) is 7.05 Å². The molecule has 1 fully saturated rings. The Morgan fingerprint density at radius 1 is 1.36 bits per heavy atom. The summed E-state index contributed by atoms with van der Waals surface area (Å²) in [4.78, 5) is 23.5. The molecular formula is C19H19ClN4O. The van der Waals surface area contributed by atoms with Crippen molar-refractivity contribution in [1.29, 1.82) is 0 Å². The van der Waals surface area contributed by atoms with Gasteiger partial charge in [0.05, 0.1) is 23.7 Å². The molecule has 0 aliphatic carbocycles. The summed E-state index contributed by atoms with van der Waals surface area (Å²) in [6.45, 7) is 1.48. The number of carbonyl (C=O) groups excluding carboxylic acids is 1. The van der Waals surface area contributed by atoms with Crippen molar-refractivity contribution in [1.82, 2.24) is 19.4 Å². The Balaban J connectivity index is 1.49. The molecule has 1 aliphatic rings. The second-order valence-electron chi connectivity index (χ2n) is 6.53. The molecule has 1 aliphatic heterocycles. The lowest BCUT2D eigenvalue weighted by Crippen LogP contribution is -2.30. The number of halogens is 1. The molecule has 0 N–H and O–H groups in total. The Hall–Kier alpha value is -2.40. The first kappa shape index (κ1) is 16.1. The molecule has 3 aromatic rings. The first-order valence-corrected chi connectivity index (χ1v) is 8.78. The van der Waals surface area contributed by atoms with Gasteiger partial charge in [-0.05, 0) is 30.2 Å². The number of pyridine rings is 1. The highest BCUT2D eigenvalue weighted by Gasteiger charge is 2.30. The molecule has 128 valence electrons. The van der Waals surface area contributed by atoms with Crippen LogP contribution in [0.15, 0.2) is 42.7 Å². The number of likely N-dealkylation sites (tertiary alicyclic amines) is 1. The lowest BCUT2D eigenvalue weighted by atomic mass is 10.1. The van der Waals surface area contributed by atoms with E-state index in [0.717, 1.165) is 35.4 Å². The molecule has 0 unspecified atom stereocenters. The smallest absolute Gasteiger partial charge is 0.227 e. The van der Waals surface area contributed by atoms with Gasteiger partial charge in [0.2, 0.25) is 5.91 Å². The van der Waals surface area contributed by atoms with Gasteiger partial charge in [0.1, 0.15) is 5.82 Å². The summed E-state index contributed by atoms with van der Waals surface area (Å²) in [7, 11) is 2.02. The van der Waals surface area contributed by atoms with Crippen LogP contribution in [0.3, 0.4) is 0 Å². The van der Waals surface area contributed by atoms with Crippen LogP contribution in [0.4, 0.5) is 0 Å². The van der Waals surface area contributed by atoms with Crippen molar-refractivity contribution in [2.75, 3.05) is 13.1 Å². The quantitative estimate of drug-likeness (QED) is 0.725. The maximum absolute atomic E-state index is 12.6. The van der Waals surface area contributed by atoms with E-state index in [1.165, 1.54) is 0 Å². The van der Waals surface area contributed by atoms with Gasteiger partial charge in [-0.25, -0.2) is 4.98 Å². The zero-order valence-corrected chi connectivity index (χ0v) is 14.8. The Bertz CT molecular complexity index is 936. The molecule has 1 aromatic carbocycles. The van der Waals surface area contributed by atoms with E-state index in [1.807, 2.05) is 48.5 Å². The standard InChI is InChI=1S/C19H19ClN4O/c1-23-17-11-21-7-5-16(17)22-19(23)14-6-8-24(12-14)18(25)10-13-3-2-4-15(20)9-13/h2-5,7,9,11,14H,6,8,10,12H2,1H3/t14-/m1/s1. The van der Waals surface area contributed by atoms with Crippen LogP contribution in [0.25, 0.3) is 11.0 Å². The van der Waals surface area contributed by atoms with Crippen molar-refractivity contribution < 1.29 is 4.79 Å². The number of benzene rings is 1. The van der Waals surface area contributed by atoms with Crippen LogP contribution < -0.4 is 0 Å². The van der Waals surface area contributed by atoms with Gasteiger partial charge < -0.3 is 9.47 Å². The molecule has 6 heteroatoms. The first-order valence-electron chi connectivity index (χ1n) is 8.40. The highest BCUT2D eigenvalue weighted by atomic mass is 35.5. The number of rotatable bonds is 3. The van der Waals surface area contributed by atoms with Crippen LogP contribution in [0, 0.1) is 0 Å². The van der Waals surface area contributed by atoms with Crippen LogP contribution >= 0.6 is 11.6 Å². The largest absolute Gasteiger partial charge is 0.342 e. The Morgan fingerprint density at radius 2 is 2.24 bits per heavy atom. The molecule has 0 radical (unpaired) electrons. The number of fused-ring (bicyclic) bond motifs is 1. The minimum Gasteiger partial charge on any atom is -0.342 e. The Morgan fingerprint density at radius 3 is 3.04 bits per heavy atom. The van der Waals surface area contributed by atoms with E-state index < -0.39 is 0 Å². The molecule has 4 rings (SSSR count). The van der Waals surface area contributed by atoms with Gasteiger partial charge in [-0.15, -0.1) is 0 Å². The second-order valence-corrected chi connectivity index (χ2v) is 6.96. The highest BCUT2D eigenvalue weighted by molar-refractivity contribution is 6.30. The number of nitrogens with zero attached hydrogens (tertiary/aromatic N) is 4. The zero-order chi connectivity index (χ0) is 17.4. The van der Waals surface area contributed by atoms with Gasteiger partial charge in [0, 0.05) is 37.3 Å². The molecule has 25 heavy (non-hydrogen) atoms. The van der Waals surface area contributed by atoms with Crippen molar-refractivity contribution in [3.05, 3.63) is 59.1 Å². The van der Waals surface area contributed by atoms with E-state index in [9.17, 15) is 4.79 Å². The number of aromatic nitrogens is 3. The maximum atomic E-state index is 12.6. The first-order chi connectivity index (χ1) is 12.1. The summed E-state index contributed by atoms with van der Waals surface area (Å²) in [6, 6.07) is 9.42. The van der Waals surface area contributed by atoms with Gasteiger partial charge >= 0.3 is 0 Å². The van der Waals surface area contributed by atoms with E-state index in [1.54, 1.807) is 6.20 Å². The number of hydrogen-bond acceptors (Lipinski definition) is 3. The molecule has 0 bridgehead atoms. The minimum atomic E-state index is 0.144. The van der Waals surface area contributed by atoms with Crippen LogP contribution in [0.2, 0.25) is 5.02 Å². The molecule has 2 aromatic heterocycles. The SMILES string of the molecule is Cn1c([C@@H]2CCN(C(=O)Cc3cccc(Cl)c3)C2)nc2ccncc21. The number of carbonyl (C=O) groups is 1. The zero-order valence-electron chi connectivity index (χ0n) is 14.0. The third kappa shape index (κ3) is 3.12. The normalized spacial score (nSPS) is 17.4. The molecular weight excluding hydrogens is 336 g/mol. The molecule has 1 atom stereocenters. The minimum absolute atomic E-state index is 0.144. The van der Waals surface area contributed by atoms with E-state index in [0.29, 0.717) is 18.0 Å². The van der Waals surface area contributed by atoms with Crippen LogP contribution in [-0.4, -0.2) is 38.4 Å². The average Bonchev–Trinajstić information content (AvgIpc) is 3.20. The predicted octanol–water partition coefficient (Wildman–Crippen LogP) is 3.18. The molecule has 1 saturated heterocycles. The summed E-state index contributed by atoms with van der Waals surface area (Å²) in [5.74, 6) is 1.44. The molecule has 0 saturated carbocycles. The van der Waals surface area contributed by atoms with Gasteiger partial charge in [-0.1, -0.05) is 23.7 Å². The fourth-order valence-electron chi connectivity index (χ4n) is 3.55. The topological polar surface area (TPSA) is 51.0 Å². The Labute approximate surface area is 151 Å². The van der Waals surface area contributed by atoms with Crippen molar-refractivity contribution in [3.8, 4) is 0 Å². The van der Waals surface area contributed by atoms with Gasteiger partial charge in [-0.2, -0.15) is 0 Å². The van der Waals surface area contributed by atoms with Crippen molar-refractivity contribution in [3.63, 3.8) is 0 Å². The fourth-order valence-corrected chi connectivity index (χ4v) is 3.76. The number of aryl methyl sites for hydroxylation is 1.